The van der Waals surface area contributed by atoms with Crippen LogP contribution in [0.5, 0.6) is 0 Å². The molecule has 0 N–H and O–H groups in total. The van der Waals surface area contributed by atoms with Crippen molar-refractivity contribution in [2.45, 2.75) is 71.1 Å². The predicted molar refractivity (Wildman–Crippen MR) is 84.5 cm³/mol. The lowest BCUT2D eigenvalue weighted by Crippen LogP contribution is -2.09. The van der Waals surface area contributed by atoms with Crippen LogP contribution in [0.2, 0.25) is 0 Å². The van der Waals surface area contributed by atoms with Gasteiger partial charge in [-0.05, 0) is 25.7 Å². The summed E-state index contributed by atoms with van der Waals surface area (Å²) in [7, 11) is 0. The molecule has 21 heavy (non-hydrogen) atoms. The molecule has 5 heteroatoms. The normalized spacial score (nSPS) is 10.4. The zero-order chi connectivity index (χ0) is 15.8. The van der Waals surface area contributed by atoms with Crippen LogP contribution in [-0.4, -0.2) is 31.0 Å². The van der Waals surface area contributed by atoms with Crippen LogP contribution in [0.4, 0.5) is 0 Å². The highest BCUT2D eigenvalue weighted by molar-refractivity contribution is 6.17. The molecule has 0 aliphatic heterocycles. The number of ether oxygens (including phenoxy) is 2. The average Bonchev–Trinajstić information content (AvgIpc) is 2.48. The minimum absolute atomic E-state index is 0.222. The third kappa shape index (κ3) is 15.4. The fourth-order valence-corrected chi connectivity index (χ4v) is 2.02. The van der Waals surface area contributed by atoms with Crippen LogP contribution in [-0.2, 0) is 19.1 Å². The maximum Gasteiger partial charge on any atom is 0.305 e. The second kappa shape index (κ2) is 15.6. The molecule has 0 saturated heterocycles. The summed E-state index contributed by atoms with van der Waals surface area (Å²) in [5.74, 6) is 0.283. The topological polar surface area (TPSA) is 52.6 Å². The van der Waals surface area contributed by atoms with Gasteiger partial charge in [0.05, 0.1) is 13.2 Å². The van der Waals surface area contributed by atoms with Crippen LogP contribution < -0.4 is 0 Å². The number of carbonyl (C=O) groups is 2. The third-order valence-corrected chi connectivity index (χ3v) is 3.29. The van der Waals surface area contributed by atoms with Gasteiger partial charge in [-0.3, -0.25) is 9.59 Å². The molecule has 0 heterocycles. The van der Waals surface area contributed by atoms with E-state index in [-0.39, 0.29) is 24.8 Å². The Morgan fingerprint density at radius 2 is 1.29 bits per heavy atom. The predicted octanol–water partition coefficient (Wildman–Crippen LogP) is 4.23. The van der Waals surface area contributed by atoms with E-state index in [0.29, 0.717) is 19.6 Å². The zero-order valence-corrected chi connectivity index (χ0v) is 14.0. The summed E-state index contributed by atoms with van der Waals surface area (Å²) < 4.78 is 10.0. The molecule has 0 aromatic rings. The smallest absolute Gasteiger partial charge is 0.305 e. The highest BCUT2D eigenvalue weighted by atomic mass is 35.5. The highest BCUT2D eigenvalue weighted by Crippen LogP contribution is 2.07. The molecule has 0 bridgehead atoms. The molecule has 0 aliphatic rings. The van der Waals surface area contributed by atoms with Crippen molar-refractivity contribution in [3.05, 3.63) is 0 Å². The van der Waals surface area contributed by atoms with Crippen LogP contribution in [0.3, 0.4) is 0 Å². The number of halogens is 1. The summed E-state index contributed by atoms with van der Waals surface area (Å²) in [4.78, 5) is 22.6. The number of unbranched alkanes of at least 4 members (excludes halogenated alkanes) is 5. The Morgan fingerprint density at radius 3 is 1.86 bits per heavy atom. The lowest BCUT2D eigenvalue weighted by molar-refractivity contribution is -0.145. The SMILES string of the molecule is CCCOC(=O)CCCC(=O)OCCCCCCCCCl. The molecule has 0 radical (unpaired) electrons. The first-order valence-corrected chi connectivity index (χ1v) is 8.61. The number of esters is 2. The second-order valence-electron chi connectivity index (χ2n) is 5.10. The monoisotopic (exact) mass is 320 g/mol. The van der Waals surface area contributed by atoms with Gasteiger partial charge in [-0.1, -0.05) is 32.6 Å². The molecule has 0 fully saturated rings. The number of carbonyl (C=O) groups excluding carboxylic acids is 2. The number of alkyl halides is 1. The molecule has 0 saturated carbocycles. The largest absolute Gasteiger partial charge is 0.466 e. The molecule has 0 aliphatic carbocycles. The Balaban J connectivity index is 3.29. The van der Waals surface area contributed by atoms with E-state index in [1.165, 1.54) is 12.8 Å². The van der Waals surface area contributed by atoms with E-state index in [9.17, 15) is 9.59 Å². The standard InChI is InChI=1S/C16H29ClO4/c1-2-13-20-15(18)10-9-11-16(19)21-14-8-6-4-3-5-7-12-17/h2-14H2,1H3. The van der Waals surface area contributed by atoms with Crippen molar-refractivity contribution in [2.75, 3.05) is 19.1 Å². The van der Waals surface area contributed by atoms with Crippen molar-refractivity contribution >= 4 is 23.5 Å². The minimum atomic E-state index is -0.235. The molecule has 0 amide bonds. The lowest BCUT2D eigenvalue weighted by Gasteiger charge is -2.05. The minimum Gasteiger partial charge on any atom is -0.466 e. The molecule has 0 spiro atoms. The van der Waals surface area contributed by atoms with Crippen LogP contribution in [0, 0.1) is 0 Å². The molecule has 124 valence electrons. The summed E-state index contributed by atoms with van der Waals surface area (Å²) in [5.41, 5.74) is 0. The first-order chi connectivity index (χ1) is 10.2. The fourth-order valence-electron chi connectivity index (χ4n) is 1.83. The van der Waals surface area contributed by atoms with E-state index >= 15 is 0 Å². The van der Waals surface area contributed by atoms with Crippen molar-refractivity contribution in [3.63, 3.8) is 0 Å². The van der Waals surface area contributed by atoms with Gasteiger partial charge in [0, 0.05) is 18.7 Å². The fraction of sp³-hybridized carbons (Fsp3) is 0.875. The van der Waals surface area contributed by atoms with E-state index < -0.39 is 0 Å². The van der Waals surface area contributed by atoms with Gasteiger partial charge in [-0.25, -0.2) is 0 Å². The van der Waals surface area contributed by atoms with Crippen molar-refractivity contribution < 1.29 is 19.1 Å². The Kier molecular flexibility index (Phi) is 15.0. The van der Waals surface area contributed by atoms with Gasteiger partial charge < -0.3 is 9.47 Å². The molecule has 0 rings (SSSR count). The zero-order valence-electron chi connectivity index (χ0n) is 13.2. The summed E-state index contributed by atoms with van der Waals surface area (Å²) in [6, 6.07) is 0. The molecule has 0 unspecified atom stereocenters. The van der Waals surface area contributed by atoms with E-state index in [0.717, 1.165) is 38.0 Å². The number of rotatable bonds is 14. The maximum absolute atomic E-state index is 11.4. The average molecular weight is 321 g/mol. The second-order valence-corrected chi connectivity index (χ2v) is 5.48. The van der Waals surface area contributed by atoms with Crippen molar-refractivity contribution in [2.24, 2.45) is 0 Å². The molecule has 0 atom stereocenters. The highest BCUT2D eigenvalue weighted by Gasteiger charge is 2.06. The van der Waals surface area contributed by atoms with Gasteiger partial charge in [0.25, 0.3) is 0 Å². The van der Waals surface area contributed by atoms with Gasteiger partial charge in [-0.15, -0.1) is 11.6 Å². The van der Waals surface area contributed by atoms with Crippen molar-refractivity contribution in [1.82, 2.24) is 0 Å². The number of hydrogen-bond acceptors (Lipinski definition) is 4. The van der Waals surface area contributed by atoms with E-state index in [2.05, 4.69) is 0 Å². The quantitative estimate of drug-likeness (QED) is 0.273. The Morgan fingerprint density at radius 1 is 0.762 bits per heavy atom. The third-order valence-electron chi connectivity index (χ3n) is 3.02. The molecule has 4 nitrogen and oxygen atoms in total. The van der Waals surface area contributed by atoms with Gasteiger partial charge >= 0.3 is 11.9 Å². The van der Waals surface area contributed by atoms with E-state index in [1.807, 2.05) is 6.92 Å². The maximum atomic E-state index is 11.4. The Hall–Kier alpha value is -0.770. The Labute approximate surface area is 133 Å². The lowest BCUT2D eigenvalue weighted by atomic mass is 10.1. The van der Waals surface area contributed by atoms with Gasteiger partial charge in [0.1, 0.15) is 0 Å². The molecular formula is C16H29ClO4. The first kappa shape index (κ1) is 20.2. The van der Waals surface area contributed by atoms with Crippen LogP contribution >= 0.6 is 11.6 Å². The van der Waals surface area contributed by atoms with Crippen molar-refractivity contribution in [3.8, 4) is 0 Å². The summed E-state index contributed by atoms with van der Waals surface area (Å²) in [5, 5.41) is 0. The molecule has 0 aromatic heterocycles. The van der Waals surface area contributed by atoms with E-state index in [4.69, 9.17) is 21.1 Å². The van der Waals surface area contributed by atoms with Crippen LogP contribution in [0.25, 0.3) is 0 Å². The Bertz CT molecular complexity index is 269. The van der Waals surface area contributed by atoms with Gasteiger partial charge in [-0.2, -0.15) is 0 Å². The van der Waals surface area contributed by atoms with E-state index in [1.54, 1.807) is 0 Å². The first-order valence-electron chi connectivity index (χ1n) is 8.08. The van der Waals surface area contributed by atoms with Crippen molar-refractivity contribution in [1.29, 1.82) is 0 Å². The van der Waals surface area contributed by atoms with Gasteiger partial charge in [0.2, 0.25) is 0 Å². The summed E-state index contributed by atoms with van der Waals surface area (Å²) in [6.45, 7) is 2.88. The van der Waals surface area contributed by atoms with Crippen LogP contribution in [0.15, 0.2) is 0 Å². The molecule has 0 aromatic carbocycles. The number of hydrogen-bond donors (Lipinski definition) is 0. The summed E-state index contributed by atoms with van der Waals surface area (Å²) >= 11 is 5.60. The van der Waals surface area contributed by atoms with Gasteiger partial charge in [0.15, 0.2) is 0 Å². The molecular weight excluding hydrogens is 292 g/mol. The van der Waals surface area contributed by atoms with Crippen LogP contribution in [0.1, 0.15) is 71.1 Å². The summed E-state index contributed by atoms with van der Waals surface area (Å²) in [6.07, 6.45) is 8.50.